The van der Waals surface area contributed by atoms with Crippen LogP contribution in [0.15, 0.2) is 24.3 Å². The highest BCUT2D eigenvalue weighted by Crippen LogP contribution is 2.23. The molecule has 1 unspecified atom stereocenters. The first-order chi connectivity index (χ1) is 8.24. The first kappa shape index (κ1) is 12.1. The van der Waals surface area contributed by atoms with E-state index >= 15 is 0 Å². The second-order valence-electron chi connectivity index (χ2n) is 4.65. The van der Waals surface area contributed by atoms with E-state index in [0.717, 1.165) is 37.1 Å². The lowest BCUT2D eigenvalue weighted by Crippen LogP contribution is -2.52. The third-order valence-electron chi connectivity index (χ3n) is 3.51. The van der Waals surface area contributed by atoms with Crippen molar-refractivity contribution in [2.45, 2.75) is 25.8 Å². The summed E-state index contributed by atoms with van der Waals surface area (Å²) in [6.45, 7) is 3.87. The lowest BCUT2D eigenvalue weighted by molar-refractivity contribution is 0.0445. The van der Waals surface area contributed by atoms with E-state index in [0.29, 0.717) is 6.04 Å². The highest BCUT2D eigenvalue weighted by atomic mass is 16.2. The third kappa shape index (κ3) is 2.50. The summed E-state index contributed by atoms with van der Waals surface area (Å²) in [5.74, 6) is 0.190. The maximum atomic E-state index is 12.3. The third-order valence-corrected chi connectivity index (χ3v) is 3.51. The number of hydrogen-bond acceptors (Lipinski definition) is 2. The summed E-state index contributed by atoms with van der Waals surface area (Å²) in [5.41, 5.74) is 1.92. The van der Waals surface area contributed by atoms with E-state index in [4.69, 9.17) is 0 Å². The van der Waals surface area contributed by atoms with Crippen molar-refractivity contribution in [3.63, 3.8) is 0 Å². The Kier molecular flexibility index (Phi) is 3.79. The molecule has 1 aromatic rings. The number of carbonyl (C=O) groups is 1. The highest BCUT2D eigenvalue weighted by molar-refractivity contribution is 5.96. The Morgan fingerprint density at radius 1 is 1.47 bits per heavy atom. The van der Waals surface area contributed by atoms with Crippen LogP contribution in [0.1, 0.15) is 28.8 Å². The lowest BCUT2D eigenvalue weighted by atomic mass is 9.97. The van der Waals surface area contributed by atoms with Crippen LogP contribution < -0.4 is 5.32 Å². The first-order valence-electron chi connectivity index (χ1n) is 6.25. The molecular formula is C14H20N2O. The van der Waals surface area contributed by atoms with E-state index in [1.807, 2.05) is 43.1 Å². The van der Waals surface area contributed by atoms with Crippen LogP contribution in [0.4, 0.5) is 0 Å². The average molecular weight is 232 g/mol. The minimum Gasteiger partial charge on any atom is -0.335 e. The molecule has 1 N–H and O–H groups in total. The molecule has 17 heavy (non-hydrogen) atoms. The molecule has 1 aliphatic heterocycles. The molecule has 0 spiro atoms. The Hall–Kier alpha value is -1.35. The predicted octanol–water partition coefficient (Wildman–Crippen LogP) is 1.82. The smallest absolute Gasteiger partial charge is 0.254 e. The molecule has 1 amide bonds. The zero-order valence-electron chi connectivity index (χ0n) is 10.6. The summed E-state index contributed by atoms with van der Waals surface area (Å²) in [5, 5.41) is 3.14. The minimum atomic E-state index is 0.190. The SMILES string of the molecule is CNCCC1CCN1C(=O)c1ccccc1C. The molecule has 1 fully saturated rings. The molecule has 0 bridgehead atoms. The molecule has 1 heterocycles. The van der Waals surface area contributed by atoms with E-state index in [-0.39, 0.29) is 5.91 Å². The summed E-state index contributed by atoms with van der Waals surface area (Å²) >= 11 is 0. The van der Waals surface area contributed by atoms with E-state index in [1.54, 1.807) is 0 Å². The van der Waals surface area contributed by atoms with Crippen LogP contribution in [0.25, 0.3) is 0 Å². The first-order valence-corrected chi connectivity index (χ1v) is 6.25. The van der Waals surface area contributed by atoms with Crippen molar-refractivity contribution in [3.05, 3.63) is 35.4 Å². The number of hydrogen-bond donors (Lipinski definition) is 1. The van der Waals surface area contributed by atoms with Gasteiger partial charge in [0.2, 0.25) is 0 Å². The van der Waals surface area contributed by atoms with Gasteiger partial charge in [-0.2, -0.15) is 0 Å². The van der Waals surface area contributed by atoms with Gasteiger partial charge in [0.25, 0.3) is 5.91 Å². The Balaban J connectivity index is 2.03. The van der Waals surface area contributed by atoms with Crippen molar-refractivity contribution in [2.24, 2.45) is 0 Å². The summed E-state index contributed by atoms with van der Waals surface area (Å²) in [6.07, 6.45) is 2.19. The van der Waals surface area contributed by atoms with E-state index in [9.17, 15) is 4.79 Å². The number of likely N-dealkylation sites (tertiary alicyclic amines) is 1. The fourth-order valence-corrected chi connectivity index (χ4v) is 2.29. The summed E-state index contributed by atoms with van der Waals surface area (Å²) in [6, 6.07) is 8.25. The molecule has 1 aromatic carbocycles. The van der Waals surface area contributed by atoms with E-state index < -0.39 is 0 Å². The van der Waals surface area contributed by atoms with Crippen LogP contribution in [0, 0.1) is 6.92 Å². The summed E-state index contributed by atoms with van der Waals surface area (Å²) in [4.78, 5) is 14.3. The molecule has 0 aromatic heterocycles. The van der Waals surface area contributed by atoms with Crippen molar-refractivity contribution in [1.82, 2.24) is 10.2 Å². The molecule has 1 aliphatic rings. The van der Waals surface area contributed by atoms with Crippen LogP contribution in [0.3, 0.4) is 0 Å². The monoisotopic (exact) mass is 232 g/mol. The Labute approximate surface area is 103 Å². The average Bonchev–Trinajstić information content (AvgIpc) is 2.28. The van der Waals surface area contributed by atoms with Crippen molar-refractivity contribution < 1.29 is 4.79 Å². The zero-order chi connectivity index (χ0) is 12.3. The van der Waals surface area contributed by atoms with Gasteiger partial charge in [-0.3, -0.25) is 4.79 Å². The van der Waals surface area contributed by atoms with Crippen LogP contribution in [0.5, 0.6) is 0 Å². The van der Waals surface area contributed by atoms with Crippen molar-refractivity contribution in [2.75, 3.05) is 20.1 Å². The van der Waals surface area contributed by atoms with Gasteiger partial charge in [0.1, 0.15) is 0 Å². The van der Waals surface area contributed by atoms with Crippen LogP contribution in [0.2, 0.25) is 0 Å². The van der Waals surface area contributed by atoms with Gasteiger partial charge in [0.05, 0.1) is 0 Å². The number of nitrogens with one attached hydrogen (secondary N) is 1. The fourth-order valence-electron chi connectivity index (χ4n) is 2.29. The molecule has 1 atom stereocenters. The van der Waals surface area contributed by atoms with Gasteiger partial charge in [0, 0.05) is 18.2 Å². The van der Waals surface area contributed by atoms with Crippen LogP contribution >= 0.6 is 0 Å². The quantitative estimate of drug-likeness (QED) is 0.859. The van der Waals surface area contributed by atoms with E-state index in [2.05, 4.69) is 5.32 Å². The van der Waals surface area contributed by atoms with Gasteiger partial charge in [-0.05, 0) is 45.0 Å². The number of rotatable bonds is 4. The standard InChI is InChI=1S/C14H20N2O/c1-11-5-3-4-6-13(11)14(17)16-10-8-12(16)7-9-15-2/h3-6,12,15H,7-10H2,1-2H3. The largest absolute Gasteiger partial charge is 0.335 e. The van der Waals surface area contributed by atoms with Crippen LogP contribution in [-0.4, -0.2) is 37.0 Å². The molecule has 3 nitrogen and oxygen atoms in total. The van der Waals surface area contributed by atoms with Gasteiger partial charge < -0.3 is 10.2 Å². The van der Waals surface area contributed by atoms with Gasteiger partial charge in [0.15, 0.2) is 0 Å². The molecule has 0 saturated carbocycles. The minimum absolute atomic E-state index is 0.190. The molecule has 0 aliphatic carbocycles. The topological polar surface area (TPSA) is 32.3 Å². The Bertz CT molecular complexity index is 403. The van der Waals surface area contributed by atoms with Gasteiger partial charge in [-0.25, -0.2) is 0 Å². The number of nitrogens with zero attached hydrogens (tertiary/aromatic N) is 1. The zero-order valence-corrected chi connectivity index (χ0v) is 10.6. The second-order valence-corrected chi connectivity index (χ2v) is 4.65. The van der Waals surface area contributed by atoms with Crippen LogP contribution in [-0.2, 0) is 0 Å². The highest BCUT2D eigenvalue weighted by Gasteiger charge is 2.32. The lowest BCUT2D eigenvalue weighted by Gasteiger charge is -2.41. The molecule has 1 saturated heterocycles. The maximum Gasteiger partial charge on any atom is 0.254 e. The van der Waals surface area contributed by atoms with Gasteiger partial charge >= 0.3 is 0 Å². The Morgan fingerprint density at radius 3 is 2.82 bits per heavy atom. The van der Waals surface area contributed by atoms with Crippen molar-refractivity contribution in [3.8, 4) is 0 Å². The van der Waals surface area contributed by atoms with Crippen molar-refractivity contribution in [1.29, 1.82) is 0 Å². The van der Waals surface area contributed by atoms with Crippen molar-refractivity contribution >= 4 is 5.91 Å². The number of benzene rings is 1. The number of amides is 1. The second kappa shape index (κ2) is 5.32. The molecule has 2 rings (SSSR count). The molecule has 92 valence electrons. The molecule has 3 heteroatoms. The van der Waals surface area contributed by atoms with Gasteiger partial charge in [-0.1, -0.05) is 18.2 Å². The molecule has 0 radical (unpaired) electrons. The summed E-state index contributed by atoms with van der Waals surface area (Å²) < 4.78 is 0. The predicted molar refractivity (Wildman–Crippen MR) is 69.2 cm³/mol. The summed E-state index contributed by atoms with van der Waals surface area (Å²) in [7, 11) is 1.95. The Morgan fingerprint density at radius 2 is 2.24 bits per heavy atom. The molecular weight excluding hydrogens is 212 g/mol. The normalized spacial score (nSPS) is 18.9. The maximum absolute atomic E-state index is 12.3. The van der Waals surface area contributed by atoms with Gasteiger partial charge in [-0.15, -0.1) is 0 Å². The fraction of sp³-hybridized carbons (Fsp3) is 0.500. The van der Waals surface area contributed by atoms with E-state index in [1.165, 1.54) is 0 Å². The number of carbonyl (C=O) groups excluding carboxylic acids is 1. The number of aryl methyl sites for hydroxylation is 1.